The minimum absolute atomic E-state index is 0.0466. The fraction of sp³-hybridized carbons (Fsp3) is 0.700. The number of hydrogen-bond acceptors (Lipinski definition) is 7. The largest absolute Gasteiger partial charge is 0.459 e. The molecule has 150 valence electrons. The summed E-state index contributed by atoms with van der Waals surface area (Å²) in [7, 11) is 0. The van der Waals surface area contributed by atoms with E-state index in [2.05, 4.69) is 10.1 Å². The van der Waals surface area contributed by atoms with Gasteiger partial charge < -0.3 is 9.47 Å². The zero-order valence-electron chi connectivity index (χ0n) is 16.1. The molecule has 0 amide bonds. The van der Waals surface area contributed by atoms with E-state index in [0.717, 1.165) is 19.3 Å². The number of aromatic nitrogens is 3. The lowest BCUT2D eigenvalue weighted by Crippen LogP contribution is -2.50. The maximum absolute atomic E-state index is 13.0. The summed E-state index contributed by atoms with van der Waals surface area (Å²) in [4.78, 5) is 30.3. The van der Waals surface area contributed by atoms with Crippen molar-refractivity contribution in [1.82, 2.24) is 14.6 Å². The Hall–Kier alpha value is -1.80. The Balaban J connectivity index is 1.30. The predicted molar refractivity (Wildman–Crippen MR) is 103 cm³/mol. The van der Waals surface area contributed by atoms with Crippen molar-refractivity contribution in [3.05, 3.63) is 27.1 Å². The van der Waals surface area contributed by atoms with Gasteiger partial charge in [-0.25, -0.2) is 4.98 Å². The third-order valence-electron chi connectivity index (χ3n) is 6.59. The van der Waals surface area contributed by atoms with Gasteiger partial charge in [0.2, 0.25) is 4.96 Å². The summed E-state index contributed by atoms with van der Waals surface area (Å²) in [6.07, 6.45) is 6.79. The van der Waals surface area contributed by atoms with Gasteiger partial charge in [-0.05, 0) is 63.2 Å². The third kappa shape index (κ3) is 3.16. The molecule has 4 fully saturated rings. The van der Waals surface area contributed by atoms with Crippen molar-refractivity contribution >= 4 is 22.3 Å². The minimum atomic E-state index is -0.289. The highest BCUT2D eigenvalue weighted by Crippen LogP contribution is 2.60. The number of esters is 1. The second-order valence-electron chi connectivity index (χ2n) is 8.69. The van der Waals surface area contributed by atoms with Gasteiger partial charge in [-0.15, -0.1) is 0 Å². The molecule has 2 aromatic rings. The van der Waals surface area contributed by atoms with Crippen LogP contribution in [0.15, 0.2) is 10.9 Å². The smallest absolute Gasteiger partial charge is 0.312 e. The molecule has 8 heteroatoms. The van der Waals surface area contributed by atoms with Crippen molar-refractivity contribution in [2.24, 2.45) is 23.2 Å². The first-order valence-electron chi connectivity index (χ1n) is 10.2. The average molecular weight is 404 g/mol. The minimum Gasteiger partial charge on any atom is -0.459 e. The molecule has 0 spiro atoms. The van der Waals surface area contributed by atoms with Gasteiger partial charge in [0.25, 0.3) is 5.56 Å². The van der Waals surface area contributed by atoms with Crippen molar-refractivity contribution < 1.29 is 14.3 Å². The van der Waals surface area contributed by atoms with Crippen molar-refractivity contribution in [3.63, 3.8) is 0 Å². The fourth-order valence-corrected chi connectivity index (χ4v) is 6.73. The average Bonchev–Trinajstić information content (AvgIpc) is 3.07. The molecule has 0 N–H and O–H groups in total. The van der Waals surface area contributed by atoms with Gasteiger partial charge in [-0.2, -0.15) is 9.61 Å². The highest BCUT2D eigenvalue weighted by atomic mass is 32.1. The lowest BCUT2D eigenvalue weighted by Gasteiger charge is -2.55. The molecule has 0 unspecified atom stereocenters. The second-order valence-corrected chi connectivity index (χ2v) is 9.73. The summed E-state index contributed by atoms with van der Waals surface area (Å²) in [6, 6.07) is 1.41. The molecular formula is C20H25N3O4S. The number of hydrogen-bond donors (Lipinski definition) is 0. The predicted octanol–water partition coefficient (Wildman–Crippen LogP) is 2.95. The van der Waals surface area contributed by atoms with E-state index in [4.69, 9.17) is 9.47 Å². The van der Waals surface area contributed by atoms with Crippen LogP contribution in [0.4, 0.5) is 0 Å². The molecule has 0 atom stereocenters. The Morgan fingerprint density at radius 1 is 1.21 bits per heavy atom. The van der Waals surface area contributed by atoms with Crippen LogP contribution >= 0.6 is 11.3 Å². The summed E-state index contributed by atoms with van der Waals surface area (Å²) in [5.41, 5.74) is -0.0668. The molecule has 28 heavy (non-hydrogen) atoms. The van der Waals surface area contributed by atoms with Crippen molar-refractivity contribution in [2.45, 2.75) is 58.7 Å². The number of carbonyl (C=O) groups excluding carboxylic acids is 1. The van der Waals surface area contributed by atoms with Crippen molar-refractivity contribution in [3.8, 4) is 0 Å². The highest BCUT2D eigenvalue weighted by molar-refractivity contribution is 7.16. The van der Waals surface area contributed by atoms with E-state index < -0.39 is 0 Å². The van der Waals surface area contributed by atoms with Crippen LogP contribution in [0, 0.1) is 23.2 Å². The molecule has 6 rings (SSSR count). The van der Waals surface area contributed by atoms with Gasteiger partial charge in [0.15, 0.2) is 0 Å². The number of carbonyl (C=O) groups is 1. The third-order valence-corrected chi connectivity index (χ3v) is 7.47. The summed E-state index contributed by atoms with van der Waals surface area (Å²) in [5.74, 6) is 1.99. The summed E-state index contributed by atoms with van der Waals surface area (Å²) < 4.78 is 12.3. The van der Waals surface area contributed by atoms with Crippen LogP contribution in [0.2, 0.25) is 0 Å². The molecule has 0 radical (unpaired) electrons. The van der Waals surface area contributed by atoms with Crippen LogP contribution in [-0.2, 0) is 27.5 Å². The van der Waals surface area contributed by atoms with Crippen LogP contribution in [-0.4, -0.2) is 27.2 Å². The van der Waals surface area contributed by atoms with Gasteiger partial charge >= 0.3 is 5.97 Å². The van der Waals surface area contributed by atoms with Gasteiger partial charge in [0.05, 0.1) is 11.1 Å². The normalized spacial score (nSPS) is 30.8. The molecule has 4 saturated carbocycles. The van der Waals surface area contributed by atoms with E-state index in [9.17, 15) is 9.59 Å². The molecule has 4 bridgehead atoms. The van der Waals surface area contributed by atoms with Gasteiger partial charge in [0.1, 0.15) is 18.2 Å². The van der Waals surface area contributed by atoms with E-state index >= 15 is 0 Å². The monoisotopic (exact) mass is 403 g/mol. The molecule has 4 aliphatic carbocycles. The van der Waals surface area contributed by atoms with Gasteiger partial charge in [-0.1, -0.05) is 11.3 Å². The van der Waals surface area contributed by atoms with E-state index in [1.165, 1.54) is 41.2 Å². The lowest BCUT2D eigenvalue weighted by atomic mass is 9.49. The van der Waals surface area contributed by atoms with Gasteiger partial charge in [-0.3, -0.25) is 9.59 Å². The van der Waals surface area contributed by atoms with Crippen LogP contribution in [0.3, 0.4) is 0 Å². The van der Waals surface area contributed by atoms with Crippen LogP contribution in [0.25, 0.3) is 4.96 Å². The Bertz CT molecular complexity index is 931. The Morgan fingerprint density at radius 3 is 2.54 bits per heavy atom. The maximum atomic E-state index is 13.0. The van der Waals surface area contributed by atoms with E-state index in [-0.39, 0.29) is 23.6 Å². The molecule has 0 aliphatic heterocycles. The number of nitrogens with zero attached hydrogens (tertiary/aromatic N) is 3. The Kier molecular flexibility index (Phi) is 4.50. The Morgan fingerprint density at radius 2 is 1.89 bits per heavy atom. The summed E-state index contributed by atoms with van der Waals surface area (Å²) in [5, 5.41) is 4.94. The molecule has 0 aromatic carbocycles. The van der Waals surface area contributed by atoms with E-state index in [0.29, 0.717) is 46.6 Å². The standard InChI is InChI=1S/C20H25N3O4S/c1-2-26-11-16-22-23-17(24)6-15(21-19(23)28-16)10-27-18(25)20-7-12-3-13(8-20)5-14(4-12)9-20/h6,12-14H,2-5,7-11H2,1H3. The molecular weight excluding hydrogens is 378 g/mol. The molecule has 2 aromatic heterocycles. The van der Waals surface area contributed by atoms with Gasteiger partial charge in [0, 0.05) is 12.7 Å². The number of rotatable bonds is 6. The zero-order chi connectivity index (χ0) is 19.3. The fourth-order valence-electron chi connectivity index (χ4n) is 5.87. The molecule has 0 saturated heterocycles. The zero-order valence-corrected chi connectivity index (χ0v) is 16.9. The topological polar surface area (TPSA) is 82.8 Å². The molecule has 7 nitrogen and oxygen atoms in total. The van der Waals surface area contributed by atoms with E-state index in [1.807, 2.05) is 6.92 Å². The molecule has 2 heterocycles. The second kappa shape index (κ2) is 6.91. The number of ether oxygens (including phenoxy) is 2. The van der Waals surface area contributed by atoms with Crippen LogP contribution < -0.4 is 5.56 Å². The Labute approximate surface area is 167 Å². The molecule has 4 aliphatic rings. The van der Waals surface area contributed by atoms with Crippen molar-refractivity contribution in [2.75, 3.05) is 6.61 Å². The maximum Gasteiger partial charge on any atom is 0.312 e. The lowest BCUT2D eigenvalue weighted by molar-refractivity contribution is -0.173. The summed E-state index contributed by atoms with van der Waals surface area (Å²) >= 11 is 1.32. The quantitative estimate of drug-likeness (QED) is 0.690. The number of fused-ring (bicyclic) bond motifs is 1. The van der Waals surface area contributed by atoms with Crippen LogP contribution in [0.1, 0.15) is 56.2 Å². The SMILES string of the molecule is CCOCc1nn2c(=O)cc(COC(=O)C34CC5CC(CC(C5)C3)C4)nc2s1. The first-order valence-corrected chi connectivity index (χ1v) is 11.0. The van der Waals surface area contributed by atoms with E-state index in [1.54, 1.807) is 0 Å². The first kappa shape index (κ1) is 18.2. The van der Waals surface area contributed by atoms with Crippen molar-refractivity contribution in [1.29, 1.82) is 0 Å². The highest BCUT2D eigenvalue weighted by Gasteiger charge is 2.55. The first-order chi connectivity index (χ1) is 13.5. The summed E-state index contributed by atoms with van der Waals surface area (Å²) in [6.45, 7) is 2.91. The van der Waals surface area contributed by atoms with Crippen LogP contribution in [0.5, 0.6) is 0 Å².